The molecule has 3 saturated heterocycles. The SMILES string of the molecule is CC(=O)OC[C@H]1O[C@H](SCc2cn(CCOc3cc(OCCn4cc(CS[C@H]5O[C@H](COC(C)=O)[C@@H](OC(C)=O)[C@H](OC(C)=O)[C@@H]5OC(C)=O)nn4)cc(OCCn4cc(CS[C@H]5O[C@H](COC(C)=O)[C@@H](OC(C)=O)[C@H](OC(C)=O)[C@@H]5OC(C)=O)nn4)c3)nn2)[C@@H](OC(C)=O)[C@@H](OC(C)=O)[C@@H]1OC(C)=O. The molecular formula is C63H81N9O30S3. The van der Waals surface area contributed by atoms with Crippen LogP contribution in [0.5, 0.6) is 17.2 Å². The molecule has 3 aliphatic rings. The van der Waals surface area contributed by atoms with Gasteiger partial charge in [0.15, 0.2) is 54.9 Å². The smallest absolute Gasteiger partial charge is 0.303 e. The number of hydrogen-bond donors (Lipinski definition) is 0. The minimum Gasteiger partial charge on any atom is -0.491 e. The summed E-state index contributed by atoms with van der Waals surface area (Å²) in [6, 6.07) is 4.86. The molecule has 105 heavy (non-hydrogen) atoms. The average molecular weight is 1540 g/mol. The maximum atomic E-state index is 12.4. The van der Waals surface area contributed by atoms with Crippen molar-refractivity contribution in [3.8, 4) is 17.2 Å². The van der Waals surface area contributed by atoms with Crippen molar-refractivity contribution in [1.29, 1.82) is 0 Å². The van der Waals surface area contributed by atoms with Crippen molar-refractivity contribution in [2.24, 2.45) is 0 Å². The van der Waals surface area contributed by atoms with Crippen LogP contribution in [0.15, 0.2) is 36.8 Å². The lowest BCUT2D eigenvalue weighted by molar-refractivity contribution is -0.237. The molecule has 42 heteroatoms. The Hall–Kier alpha value is -9.39. The van der Waals surface area contributed by atoms with Gasteiger partial charge in [0.1, 0.15) is 91.5 Å². The van der Waals surface area contributed by atoms with Gasteiger partial charge in [-0.3, -0.25) is 57.5 Å². The van der Waals surface area contributed by atoms with Crippen LogP contribution in [0.4, 0.5) is 0 Å². The van der Waals surface area contributed by atoms with Gasteiger partial charge in [-0.2, -0.15) is 0 Å². The second-order valence-electron chi connectivity index (χ2n) is 23.2. The highest BCUT2D eigenvalue weighted by Gasteiger charge is 2.55. The summed E-state index contributed by atoms with van der Waals surface area (Å²) >= 11 is 3.28. The molecule has 0 aliphatic carbocycles. The van der Waals surface area contributed by atoms with Gasteiger partial charge in [0, 0.05) is 137 Å². The van der Waals surface area contributed by atoms with Crippen LogP contribution in [0.1, 0.15) is 100 Å². The molecule has 1 aromatic carbocycles. The third-order valence-electron chi connectivity index (χ3n) is 14.4. The van der Waals surface area contributed by atoms with Crippen LogP contribution in [0.3, 0.4) is 0 Å². The third kappa shape index (κ3) is 26.9. The van der Waals surface area contributed by atoms with E-state index in [0.717, 1.165) is 97.6 Å². The van der Waals surface area contributed by atoms with Gasteiger partial charge < -0.3 is 85.3 Å². The zero-order valence-corrected chi connectivity index (χ0v) is 61.6. The fourth-order valence-electron chi connectivity index (χ4n) is 10.6. The van der Waals surface area contributed by atoms with E-state index in [1.54, 1.807) is 36.8 Å². The quantitative estimate of drug-likeness (QED) is 0.0461. The lowest BCUT2D eigenvalue weighted by Crippen LogP contribution is -2.61. The van der Waals surface area contributed by atoms with Crippen LogP contribution in [0, 0.1) is 0 Å². The molecule has 3 aromatic heterocycles. The van der Waals surface area contributed by atoms with E-state index in [-0.39, 0.29) is 56.7 Å². The van der Waals surface area contributed by atoms with Gasteiger partial charge in [-0.15, -0.1) is 50.6 Å². The minimum absolute atomic E-state index is 0.0210. The van der Waals surface area contributed by atoms with E-state index < -0.39 is 181 Å². The molecule has 15 atom stereocenters. The molecule has 3 aliphatic heterocycles. The van der Waals surface area contributed by atoms with Crippen molar-refractivity contribution in [2.75, 3.05) is 39.6 Å². The maximum absolute atomic E-state index is 12.4. The summed E-state index contributed by atoms with van der Waals surface area (Å²) in [5.41, 5.74) is -1.92. The molecule has 0 radical (unpaired) electrons. The van der Waals surface area contributed by atoms with E-state index in [2.05, 4.69) is 30.9 Å². The molecule has 6 heterocycles. The second kappa shape index (κ2) is 40.2. The predicted molar refractivity (Wildman–Crippen MR) is 353 cm³/mol. The molecule has 0 bridgehead atoms. The summed E-state index contributed by atoms with van der Waals surface area (Å²) in [6.07, 6.45) is -10.6. The molecule has 0 unspecified atom stereocenters. The molecular weight excluding hydrogens is 1460 g/mol. The van der Waals surface area contributed by atoms with Crippen LogP contribution in [-0.2, 0) is 165 Å². The summed E-state index contributed by atoms with van der Waals surface area (Å²) in [5.74, 6) is -7.72. The molecule has 0 N–H and O–H groups in total. The molecule has 0 spiro atoms. The number of aromatic nitrogens is 9. The van der Waals surface area contributed by atoms with Crippen LogP contribution in [-0.4, -0.2) is 246 Å². The summed E-state index contributed by atoms with van der Waals surface area (Å²) in [7, 11) is 0. The van der Waals surface area contributed by atoms with Crippen molar-refractivity contribution in [3.63, 3.8) is 0 Å². The fraction of sp³-hybridized carbons (Fsp3) is 0.619. The van der Waals surface area contributed by atoms with Crippen molar-refractivity contribution < 1.29 is 143 Å². The number of ether oxygens (including phenoxy) is 18. The Kier molecular flexibility index (Phi) is 31.7. The highest BCUT2D eigenvalue weighted by Crippen LogP contribution is 2.39. The molecule has 0 amide bonds. The number of carbonyl (C=O) groups is 12. The first-order valence-electron chi connectivity index (χ1n) is 32.3. The van der Waals surface area contributed by atoms with Crippen LogP contribution >= 0.6 is 35.3 Å². The Bertz CT molecular complexity index is 3310. The first kappa shape index (κ1) is 82.9. The molecule has 0 saturated carbocycles. The Labute approximate surface area is 612 Å². The Morgan fingerprint density at radius 2 is 0.543 bits per heavy atom. The number of carbonyl (C=O) groups excluding carboxylic acids is 12. The first-order chi connectivity index (χ1) is 49.9. The topological polar surface area (TPSA) is 463 Å². The summed E-state index contributed by atoms with van der Waals surface area (Å²) < 4.78 is 107. The molecule has 576 valence electrons. The van der Waals surface area contributed by atoms with E-state index in [0.29, 0.717) is 34.3 Å². The van der Waals surface area contributed by atoms with Crippen LogP contribution in [0.25, 0.3) is 0 Å². The van der Waals surface area contributed by atoms with Crippen molar-refractivity contribution in [3.05, 3.63) is 53.9 Å². The molecule has 3 fully saturated rings. The van der Waals surface area contributed by atoms with E-state index in [9.17, 15) is 57.5 Å². The number of rotatable bonds is 36. The number of thioether (sulfide) groups is 3. The lowest BCUT2D eigenvalue weighted by Gasteiger charge is -2.44. The van der Waals surface area contributed by atoms with E-state index >= 15 is 0 Å². The first-order valence-corrected chi connectivity index (χ1v) is 35.5. The van der Waals surface area contributed by atoms with Crippen molar-refractivity contribution >= 4 is 107 Å². The van der Waals surface area contributed by atoms with Gasteiger partial charge in [0.05, 0.1) is 36.7 Å². The maximum Gasteiger partial charge on any atom is 0.303 e. The van der Waals surface area contributed by atoms with Gasteiger partial charge >= 0.3 is 71.6 Å². The van der Waals surface area contributed by atoms with Gasteiger partial charge in [0.2, 0.25) is 0 Å². The zero-order chi connectivity index (χ0) is 76.6. The minimum atomic E-state index is -1.36. The van der Waals surface area contributed by atoms with E-state index in [1.807, 2.05) is 0 Å². The normalized spacial score (nSPS) is 24.1. The Morgan fingerprint density at radius 1 is 0.324 bits per heavy atom. The summed E-state index contributed by atoms with van der Waals surface area (Å²) in [6.45, 7) is 13.0. The standard InChI is InChI=1S/C63H81N9O30S3/c1-31(73)88-25-49-52(91-34(4)76)55(94-37(7)79)58(97-40(10)82)61(100-49)103-28-43-22-70(67-64-43)13-16-85-46-19-47(86-17-14-71-23-44(65-68-71)29-104-62-59(98-41(11)83)56(95-38(8)80)53(92-35(5)77)50(101-62)26-89-32(2)74)21-48(20-46)87-18-15-72-24-45(66-69-72)30-105-63-60(99-42(12)84)57(96-39(9)81)54(93-36(6)78)51(102-63)27-90-33(3)75/h19-24,49-63H,13-18,25-30H2,1-12H3/t49-,50-,51-,52-,53-,54-,55+,56+,57+,58+,59+,60+,61-,62-,63-/m1/s1. The number of nitrogens with zero attached hydrogens (tertiary/aromatic N) is 9. The van der Waals surface area contributed by atoms with E-state index in [1.165, 1.54) is 34.8 Å². The molecule has 39 nitrogen and oxygen atoms in total. The number of esters is 12. The molecule has 7 rings (SSSR count). The number of benzene rings is 1. The lowest BCUT2D eigenvalue weighted by atomic mass is 9.99. The third-order valence-corrected chi connectivity index (χ3v) is 17.9. The Morgan fingerprint density at radius 3 is 0.762 bits per heavy atom. The van der Waals surface area contributed by atoms with Gasteiger partial charge in [0.25, 0.3) is 0 Å². The molecule has 4 aromatic rings. The predicted octanol–water partition coefficient (Wildman–Crippen LogP) is 1.65. The highest BCUT2D eigenvalue weighted by atomic mass is 32.2. The summed E-state index contributed by atoms with van der Waals surface area (Å²) in [5, 5.41) is 25.5. The fourth-order valence-corrected chi connectivity index (χ4v) is 13.8. The average Bonchev–Trinajstić information content (AvgIpc) is 1.79. The largest absolute Gasteiger partial charge is 0.491 e. The van der Waals surface area contributed by atoms with Crippen LogP contribution < -0.4 is 14.2 Å². The summed E-state index contributed by atoms with van der Waals surface area (Å²) in [4.78, 5) is 147. The zero-order valence-electron chi connectivity index (χ0n) is 59.1. The monoisotopic (exact) mass is 1540 g/mol. The highest BCUT2D eigenvalue weighted by molar-refractivity contribution is 7.99. The van der Waals surface area contributed by atoms with Gasteiger partial charge in [-0.05, 0) is 0 Å². The second-order valence-corrected chi connectivity index (χ2v) is 26.5. The van der Waals surface area contributed by atoms with Crippen molar-refractivity contribution in [1.82, 2.24) is 45.0 Å². The number of hydrogen-bond acceptors (Lipinski definition) is 39. The van der Waals surface area contributed by atoms with Gasteiger partial charge in [-0.1, -0.05) is 15.6 Å². The van der Waals surface area contributed by atoms with E-state index in [4.69, 9.17) is 85.3 Å². The van der Waals surface area contributed by atoms with Crippen molar-refractivity contribution in [2.45, 2.75) is 210 Å². The van der Waals surface area contributed by atoms with Crippen LogP contribution in [0.2, 0.25) is 0 Å². The Balaban J connectivity index is 1.04. The van der Waals surface area contributed by atoms with Gasteiger partial charge in [-0.25, -0.2) is 14.0 Å².